The van der Waals surface area contributed by atoms with E-state index >= 15 is 0 Å². The van der Waals surface area contributed by atoms with Crippen LogP contribution >= 0.6 is 0 Å². The molecule has 0 spiro atoms. The Kier molecular flexibility index (Phi) is 24.1. The maximum atomic E-state index is 13.9. The minimum absolute atomic E-state index is 0. The highest BCUT2D eigenvalue weighted by Crippen LogP contribution is 2.33. The number of hydrogen-bond donors (Lipinski definition) is 8. The summed E-state index contributed by atoms with van der Waals surface area (Å²) in [5.41, 5.74) is 6.21. The Hall–Kier alpha value is -6.13. The van der Waals surface area contributed by atoms with Crippen molar-refractivity contribution in [2.75, 3.05) is 63.4 Å². The summed E-state index contributed by atoms with van der Waals surface area (Å²) in [5, 5.41) is 42.4. The molecular weight excluding hydrogens is 1020 g/mol. The van der Waals surface area contributed by atoms with Gasteiger partial charge in [-0.15, -0.1) is 0 Å². The lowest BCUT2D eigenvalue weighted by Gasteiger charge is -2.24. The van der Waals surface area contributed by atoms with E-state index in [1.807, 2.05) is 0 Å². The first-order chi connectivity index (χ1) is 35.5. The quantitative estimate of drug-likeness (QED) is 0.0204. The predicted octanol–water partition coefficient (Wildman–Crippen LogP) is 3.07. The molecule has 10 N–H and O–H groups in total. The number of carbonyl (C=O) groups excluding carboxylic acids is 5. The summed E-state index contributed by atoms with van der Waals surface area (Å²) in [7, 11) is -4.33. The second-order valence-electron chi connectivity index (χ2n) is 18.5. The van der Waals surface area contributed by atoms with Gasteiger partial charge >= 0.3 is 28.2 Å². The van der Waals surface area contributed by atoms with Gasteiger partial charge in [0.25, 0.3) is 0 Å². The molecule has 1 saturated carbocycles. The molecule has 4 amide bonds. The third-order valence-electron chi connectivity index (χ3n) is 12.3. The van der Waals surface area contributed by atoms with E-state index in [1.165, 1.54) is 23.6 Å². The zero-order chi connectivity index (χ0) is 54.9. The fourth-order valence-corrected chi connectivity index (χ4v) is 8.65. The van der Waals surface area contributed by atoms with Crippen molar-refractivity contribution in [1.82, 2.24) is 20.2 Å². The number of aliphatic hydroxyl groups is 2. The van der Waals surface area contributed by atoms with Gasteiger partial charge in [0.15, 0.2) is 5.78 Å². The summed E-state index contributed by atoms with van der Waals surface area (Å²) >= 11 is 0. The van der Waals surface area contributed by atoms with Crippen LogP contribution in [0.4, 0.5) is 29.5 Å². The highest BCUT2D eigenvalue weighted by atomic mass is 32.2. The number of nitrogens with zero attached hydrogens (tertiary/aromatic N) is 3. The van der Waals surface area contributed by atoms with Crippen LogP contribution in [0.25, 0.3) is 16.9 Å². The zero-order valence-corrected chi connectivity index (χ0v) is 43.7. The van der Waals surface area contributed by atoms with Crippen LogP contribution in [0.15, 0.2) is 66.9 Å². The standard InChI is InChI=1S/C49H66F3N9O13S.CH3/c1-30(2)44(58-42(64)15-19-72-21-23-73-22-20-71-18-14-31(3)62)40(63)26-34(7-5-16-55-48(53)68)47(67)56-37-11-9-32(10-12-37)28-60-17-13-41(57-39-25-35(45(65)46(39)66)29-74-75(54,69)70)61-43(60)27-38(59-61)33-6-4-8-36(24-33)49(50,51)52;/h4,6,8-13,17,24,27,30,34-35,39,44-46,65-66H,5,7,14-16,18-23,25-26,28-29H2,1-3H3,(H7,53,54,55,56,58,64,67,68,69,70);1H3/q;-1/p+1/t34-,35-,39-,44+,45-,46+;/m1./s1. The summed E-state index contributed by atoms with van der Waals surface area (Å²) in [5.74, 6) is -2.95. The van der Waals surface area contributed by atoms with E-state index < -0.39 is 82.6 Å². The number of ether oxygens (including phenoxy) is 3. The highest BCUT2D eigenvalue weighted by Gasteiger charge is 2.43. The molecule has 0 radical (unpaired) electrons. The maximum Gasteiger partial charge on any atom is 0.416 e. The van der Waals surface area contributed by atoms with Gasteiger partial charge in [0.2, 0.25) is 17.6 Å². The van der Waals surface area contributed by atoms with E-state index in [2.05, 4.69) is 30.5 Å². The highest BCUT2D eigenvalue weighted by molar-refractivity contribution is 7.84. The molecule has 4 aromatic rings. The molecule has 2 aromatic carbocycles. The van der Waals surface area contributed by atoms with Gasteiger partial charge in [0.1, 0.15) is 24.1 Å². The molecular formula is C50H70F3N9O13S. The number of primary amides is 1. The lowest BCUT2D eigenvalue weighted by molar-refractivity contribution is -0.665. The van der Waals surface area contributed by atoms with Gasteiger partial charge in [-0.3, -0.25) is 23.4 Å². The number of aliphatic hydroxyl groups excluding tert-OH is 2. The van der Waals surface area contributed by atoms with Crippen LogP contribution in [0.5, 0.6) is 0 Å². The van der Waals surface area contributed by atoms with Crippen LogP contribution in [0.3, 0.4) is 0 Å². The fourth-order valence-electron chi connectivity index (χ4n) is 8.28. The number of alkyl halides is 3. The normalized spacial score (nSPS) is 17.4. The fraction of sp³-hybridized carbons (Fsp3) is 0.520. The van der Waals surface area contributed by atoms with E-state index in [9.17, 15) is 55.8 Å². The van der Waals surface area contributed by atoms with Crippen LogP contribution < -0.4 is 36.7 Å². The molecule has 0 saturated heterocycles. The summed E-state index contributed by atoms with van der Waals surface area (Å²) in [6, 6.07) is 12.1. The molecule has 22 nitrogen and oxygen atoms in total. The first kappa shape index (κ1) is 62.4. The minimum Gasteiger partial charge on any atom is -0.390 e. The molecule has 1 aliphatic rings. The SMILES string of the molecule is CC(=O)CCOCCOCCOCCC(=O)N[C@H](C(=O)C[C@@H](CCCNC(N)=O)C(=O)Nc1ccc(C[n+]2ccc(N[C@@H]3C[C@H](COS(N)(=O)=O)[C@@H](O)[C@H]3O)n3nc(-c4cccc(C(F)(F)F)c4)cc32)cc1)C(C)C.[CH3-]. The summed E-state index contributed by atoms with van der Waals surface area (Å²) < 4.78 is 88.2. The van der Waals surface area contributed by atoms with Crippen molar-refractivity contribution in [3.8, 4) is 11.3 Å². The number of fused-ring (bicyclic) bond motifs is 1. The Balaban J connectivity index is 0.0000125. The van der Waals surface area contributed by atoms with Crippen LogP contribution in [0.2, 0.25) is 0 Å². The molecule has 76 heavy (non-hydrogen) atoms. The Morgan fingerprint density at radius 2 is 1.58 bits per heavy atom. The first-order valence-electron chi connectivity index (χ1n) is 24.4. The van der Waals surface area contributed by atoms with E-state index in [-0.39, 0.29) is 101 Å². The number of hydrogen-bond acceptors (Lipinski definition) is 15. The van der Waals surface area contributed by atoms with E-state index in [4.69, 9.17) is 25.1 Å². The number of anilines is 2. The number of urea groups is 1. The topological polar surface area (TPSA) is 318 Å². The maximum absolute atomic E-state index is 13.9. The van der Waals surface area contributed by atoms with Crippen LogP contribution in [0.1, 0.15) is 70.4 Å². The van der Waals surface area contributed by atoms with E-state index in [0.29, 0.717) is 44.0 Å². The van der Waals surface area contributed by atoms with Crippen LogP contribution in [-0.4, -0.2) is 135 Å². The van der Waals surface area contributed by atoms with Gasteiger partial charge in [0.05, 0.1) is 82.3 Å². The lowest BCUT2D eigenvalue weighted by atomic mass is 9.89. The van der Waals surface area contributed by atoms with Gasteiger partial charge in [0, 0.05) is 55.0 Å². The van der Waals surface area contributed by atoms with Crippen molar-refractivity contribution in [2.45, 2.75) is 96.3 Å². The number of benzene rings is 2. The number of aromatic nitrogens is 3. The van der Waals surface area contributed by atoms with Gasteiger partial charge in [-0.25, -0.2) is 14.5 Å². The number of halogens is 3. The second kappa shape index (κ2) is 29.4. The lowest BCUT2D eigenvalue weighted by Crippen LogP contribution is -2.45. The Morgan fingerprint density at radius 1 is 0.921 bits per heavy atom. The number of Topliss-reactive ketones (excluding diaryl/α,β-unsaturated/α-hetero) is 2. The van der Waals surface area contributed by atoms with Crippen molar-refractivity contribution in [3.05, 3.63) is 85.4 Å². The molecule has 0 unspecified atom stereocenters. The van der Waals surface area contributed by atoms with Crippen molar-refractivity contribution in [2.24, 2.45) is 28.6 Å². The molecule has 5 rings (SSSR count). The molecule has 420 valence electrons. The summed E-state index contributed by atoms with van der Waals surface area (Å²) in [6.07, 6.45) is -5.07. The predicted molar refractivity (Wildman–Crippen MR) is 272 cm³/mol. The Labute approximate surface area is 439 Å². The van der Waals surface area contributed by atoms with Gasteiger partial charge in [-0.1, -0.05) is 47.7 Å². The van der Waals surface area contributed by atoms with Crippen LogP contribution in [-0.2, 0) is 60.6 Å². The summed E-state index contributed by atoms with van der Waals surface area (Å²) in [6.45, 7) is 6.44. The Bertz CT molecular complexity index is 2680. The molecule has 0 bridgehead atoms. The molecule has 2 heterocycles. The van der Waals surface area contributed by atoms with E-state index in [1.54, 1.807) is 61.0 Å². The number of nitrogens with two attached hydrogens (primary N) is 2. The third-order valence-corrected chi connectivity index (χ3v) is 12.7. The van der Waals surface area contributed by atoms with Crippen molar-refractivity contribution < 1.29 is 78.7 Å². The van der Waals surface area contributed by atoms with Crippen molar-refractivity contribution in [1.29, 1.82) is 0 Å². The largest absolute Gasteiger partial charge is 0.416 e. The second-order valence-corrected chi connectivity index (χ2v) is 19.7. The molecule has 1 fully saturated rings. The average molecular weight is 1090 g/mol. The summed E-state index contributed by atoms with van der Waals surface area (Å²) in [4.78, 5) is 62.9. The number of carbonyl (C=O) groups is 5. The van der Waals surface area contributed by atoms with E-state index in [0.717, 1.165) is 17.7 Å². The number of ketones is 2. The van der Waals surface area contributed by atoms with Gasteiger partial charge in [-0.05, 0) is 61.9 Å². The van der Waals surface area contributed by atoms with Crippen molar-refractivity contribution >= 4 is 56.9 Å². The molecule has 26 heteroatoms. The molecule has 1 aliphatic carbocycles. The zero-order valence-electron chi connectivity index (χ0n) is 42.9. The molecule has 6 atom stereocenters. The van der Waals surface area contributed by atoms with Crippen molar-refractivity contribution in [3.63, 3.8) is 0 Å². The third kappa shape index (κ3) is 19.8. The smallest absolute Gasteiger partial charge is 0.390 e. The Morgan fingerprint density at radius 3 is 2.20 bits per heavy atom. The molecule has 0 aliphatic heterocycles. The average Bonchev–Trinajstić information content (AvgIpc) is 3.91. The van der Waals surface area contributed by atoms with Gasteiger partial charge < -0.3 is 58.9 Å². The van der Waals surface area contributed by atoms with Crippen LogP contribution in [0, 0.1) is 25.2 Å². The monoisotopic (exact) mass is 1090 g/mol. The minimum atomic E-state index is -4.63. The number of amides is 4. The number of nitrogens with one attached hydrogen (secondary N) is 4. The first-order valence-corrected chi connectivity index (χ1v) is 25.8. The van der Waals surface area contributed by atoms with Gasteiger partial charge in [-0.2, -0.15) is 21.6 Å². The molecule has 2 aromatic heterocycles. The number of rotatable bonds is 31.